The summed E-state index contributed by atoms with van der Waals surface area (Å²) in [5, 5.41) is 21.7. The van der Waals surface area contributed by atoms with Crippen molar-refractivity contribution in [2.24, 2.45) is 0 Å². The lowest BCUT2D eigenvalue weighted by molar-refractivity contribution is -0.384. The Morgan fingerprint density at radius 1 is 1.06 bits per heavy atom. The lowest BCUT2D eigenvalue weighted by atomic mass is 10.0. The fourth-order valence-electron chi connectivity index (χ4n) is 3.95. The zero-order chi connectivity index (χ0) is 23.4. The molecule has 0 aliphatic rings. The van der Waals surface area contributed by atoms with Gasteiger partial charge in [0.15, 0.2) is 0 Å². The van der Waals surface area contributed by atoms with E-state index < -0.39 is 4.92 Å². The highest BCUT2D eigenvalue weighted by Gasteiger charge is 2.11. The van der Waals surface area contributed by atoms with Crippen LogP contribution in [-0.4, -0.2) is 16.1 Å². The Balaban J connectivity index is 1.62. The van der Waals surface area contributed by atoms with E-state index in [1.807, 2.05) is 68.6 Å². The summed E-state index contributed by atoms with van der Waals surface area (Å²) in [6.07, 6.45) is 3.84. The third-order valence-electron chi connectivity index (χ3n) is 5.62. The number of non-ortho nitro benzene ring substituents is 1. The molecule has 6 nitrogen and oxygen atoms in total. The number of para-hydroxylation sites is 2. The number of aromatic nitrogens is 1. The molecule has 0 N–H and O–H groups in total. The van der Waals surface area contributed by atoms with E-state index in [9.17, 15) is 15.4 Å². The number of hydrogen-bond acceptors (Lipinski definition) is 4. The summed E-state index contributed by atoms with van der Waals surface area (Å²) in [6, 6.07) is 22.4. The second kappa shape index (κ2) is 9.41. The maximum atomic E-state index is 10.9. The average Bonchev–Trinajstić information content (AvgIpc) is 3.17. The first kappa shape index (κ1) is 21.8. The van der Waals surface area contributed by atoms with Gasteiger partial charge in [-0.2, -0.15) is 5.26 Å². The van der Waals surface area contributed by atoms with Crippen molar-refractivity contribution in [2.75, 3.05) is 6.61 Å². The highest BCUT2D eigenvalue weighted by molar-refractivity contribution is 5.98. The first-order valence-corrected chi connectivity index (χ1v) is 10.6. The molecular formula is C27H23N3O3. The second-order valence-electron chi connectivity index (χ2n) is 7.84. The molecule has 0 fully saturated rings. The molecule has 164 valence electrons. The molecule has 4 rings (SSSR count). The van der Waals surface area contributed by atoms with Crippen LogP contribution in [0.2, 0.25) is 0 Å². The van der Waals surface area contributed by atoms with E-state index in [1.54, 1.807) is 12.1 Å². The standard InChI is InChI=1S/C27H23N3O3/c1-19-6-5-7-20(2)27(19)33-15-14-29-18-23(25-8-3-4-9-26(25)29)16-22(17-28)21-10-12-24(13-11-21)30(31)32/h3-13,16,18H,14-15H2,1-2H3. The Kier molecular flexibility index (Phi) is 6.23. The SMILES string of the molecule is Cc1cccc(C)c1OCCn1cc(C=C(C#N)c2ccc([N+](=O)[O-])cc2)c2ccccc21. The van der Waals surface area contributed by atoms with Gasteiger partial charge in [-0.25, -0.2) is 0 Å². The summed E-state index contributed by atoms with van der Waals surface area (Å²) >= 11 is 0. The number of nitro benzene ring substituents is 1. The zero-order valence-corrected chi connectivity index (χ0v) is 18.5. The molecule has 0 saturated carbocycles. The third kappa shape index (κ3) is 4.63. The number of allylic oxidation sites excluding steroid dienone is 1. The number of benzene rings is 3. The molecule has 0 saturated heterocycles. The van der Waals surface area contributed by atoms with Crippen LogP contribution in [0, 0.1) is 35.3 Å². The van der Waals surface area contributed by atoms with Gasteiger partial charge in [0.25, 0.3) is 5.69 Å². The van der Waals surface area contributed by atoms with Crippen molar-refractivity contribution >= 4 is 28.2 Å². The minimum atomic E-state index is -0.451. The van der Waals surface area contributed by atoms with Gasteiger partial charge in [-0.3, -0.25) is 10.1 Å². The van der Waals surface area contributed by atoms with E-state index in [0.717, 1.165) is 33.3 Å². The average molecular weight is 437 g/mol. The van der Waals surface area contributed by atoms with Crippen LogP contribution >= 0.6 is 0 Å². The van der Waals surface area contributed by atoms with Gasteiger partial charge in [0.1, 0.15) is 12.4 Å². The Morgan fingerprint density at radius 2 is 1.76 bits per heavy atom. The number of nitrogens with zero attached hydrogens (tertiary/aromatic N) is 3. The molecular weight excluding hydrogens is 414 g/mol. The number of nitro groups is 1. The number of fused-ring (bicyclic) bond motifs is 1. The Bertz CT molecular complexity index is 1370. The molecule has 0 bridgehead atoms. The molecule has 0 amide bonds. The number of aryl methyl sites for hydroxylation is 2. The topological polar surface area (TPSA) is 81.1 Å². The Hall–Kier alpha value is -4.37. The normalized spacial score (nSPS) is 11.4. The molecule has 0 aliphatic carbocycles. The minimum Gasteiger partial charge on any atom is -0.491 e. The van der Waals surface area contributed by atoms with Crippen LogP contribution in [0.25, 0.3) is 22.6 Å². The summed E-state index contributed by atoms with van der Waals surface area (Å²) in [7, 11) is 0. The van der Waals surface area contributed by atoms with Gasteiger partial charge in [0, 0.05) is 34.8 Å². The smallest absolute Gasteiger partial charge is 0.269 e. The fourth-order valence-corrected chi connectivity index (χ4v) is 3.95. The second-order valence-corrected chi connectivity index (χ2v) is 7.84. The van der Waals surface area contributed by atoms with E-state index in [0.29, 0.717) is 24.3 Å². The molecule has 6 heteroatoms. The van der Waals surface area contributed by atoms with E-state index in [4.69, 9.17) is 4.74 Å². The van der Waals surface area contributed by atoms with Crippen LogP contribution in [0.1, 0.15) is 22.3 Å². The van der Waals surface area contributed by atoms with Crippen molar-refractivity contribution in [1.29, 1.82) is 5.26 Å². The van der Waals surface area contributed by atoms with Gasteiger partial charge < -0.3 is 9.30 Å². The number of hydrogen-bond donors (Lipinski definition) is 0. The van der Waals surface area contributed by atoms with E-state index >= 15 is 0 Å². The Labute approximate surface area is 192 Å². The number of nitriles is 1. The summed E-state index contributed by atoms with van der Waals surface area (Å²) in [4.78, 5) is 10.5. The number of ether oxygens (including phenoxy) is 1. The van der Waals surface area contributed by atoms with Crippen LogP contribution in [0.15, 0.2) is 72.9 Å². The summed E-state index contributed by atoms with van der Waals surface area (Å²) in [5.74, 6) is 0.916. The van der Waals surface area contributed by atoms with Crippen LogP contribution in [0.4, 0.5) is 5.69 Å². The number of rotatable bonds is 7. The monoisotopic (exact) mass is 437 g/mol. The van der Waals surface area contributed by atoms with Crippen molar-refractivity contribution in [3.63, 3.8) is 0 Å². The molecule has 1 heterocycles. The van der Waals surface area contributed by atoms with Crippen molar-refractivity contribution in [3.8, 4) is 11.8 Å². The van der Waals surface area contributed by atoms with Crippen molar-refractivity contribution in [3.05, 3.63) is 105 Å². The van der Waals surface area contributed by atoms with Crippen LogP contribution in [0.5, 0.6) is 5.75 Å². The lowest BCUT2D eigenvalue weighted by Crippen LogP contribution is -2.08. The zero-order valence-electron chi connectivity index (χ0n) is 18.5. The van der Waals surface area contributed by atoms with Crippen LogP contribution in [-0.2, 0) is 6.54 Å². The largest absolute Gasteiger partial charge is 0.491 e. The molecule has 0 unspecified atom stereocenters. The van der Waals surface area contributed by atoms with E-state index in [2.05, 4.69) is 10.6 Å². The first-order valence-electron chi connectivity index (χ1n) is 10.6. The van der Waals surface area contributed by atoms with Gasteiger partial charge in [-0.05, 0) is 54.8 Å². The van der Waals surface area contributed by atoms with Crippen molar-refractivity contribution < 1.29 is 9.66 Å². The van der Waals surface area contributed by atoms with Gasteiger partial charge in [-0.15, -0.1) is 0 Å². The van der Waals surface area contributed by atoms with E-state index in [-0.39, 0.29) is 5.69 Å². The van der Waals surface area contributed by atoms with Gasteiger partial charge in [0.2, 0.25) is 0 Å². The highest BCUT2D eigenvalue weighted by Crippen LogP contribution is 2.27. The van der Waals surface area contributed by atoms with E-state index in [1.165, 1.54) is 12.1 Å². The maximum Gasteiger partial charge on any atom is 0.269 e. The van der Waals surface area contributed by atoms with Crippen molar-refractivity contribution in [2.45, 2.75) is 20.4 Å². The minimum absolute atomic E-state index is 0.00321. The molecule has 0 aliphatic heterocycles. The molecule has 3 aromatic carbocycles. The predicted octanol–water partition coefficient (Wildman–Crippen LogP) is 6.31. The van der Waals surface area contributed by atoms with Crippen molar-refractivity contribution in [1.82, 2.24) is 4.57 Å². The Morgan fingerprint density at radius 3 is 2.42 bits per heavy atom. The first-order chi connectivity index (χ1) is 16.0. The van der Waals surface area contributed by atoms with Crippen LogP contribution in [0.3, 0.4) is 0 Å². The summed E-state index contributed by atoms with van der Waals surface area (Å²) < 4.78 is 8.21. The molecule has 0 radical (unpaired) electrons. The predicted molar refractivity (Wildman–Crippen MR) is 130 cm³/mol. The third-order valence-corrected chi connectivity index (χ3v) is 5.62. The molecule has 0 atom stereocenters. The fraction of sp³-hybridized carbons (Fsp3) is 0.148. The van der Waals surface area contributed by atoms with Gasteiger partial charge in [-0.1, -0.05) is 36.4 Å². The summed E-state index contributed by atoms with van der Waals surface area (Å²) in [5.41, 5.74) is 5.26. The van der Waals surface area contributed by atoms with Gasteiger partial charge >= 0.3 is 0 Å². The lowest BCUT2D eigenvalue weighted by Gasteiger charge is -2.12. The highest BCUT2D eigenvalue weighted by atomic mass is 16.6. The maximum absolute atomic E-state index is 10.9. The molecule has 0 spiro atoms. The molecule has 1 aromatic heterocycles. The molecule has 4 aromatic rings. The molecule has 33 heavy (non-hydrogen) atoms. The van der Waals surface area contributed by atoms with Gasteiger partial charge in [0.05, 0.1) is 23.1 Å². The summed E-state index contributed by atoms with van der Waals surface area (Å²) in [6.45, 7) is 5.25. The van der Waals surface area contributed by atoms with Crippen LogP contribution < -0.4 is 4.74 Å². The quantitative estimate of drug-likeness (QED) is 0.193.